The molecule has 2 heteroatoms. The highest BCUT2D eigenvalue weighted by atomic mass is 16.5. The second-order valence-electron chi connectivity index (χ2n) is 5.23. The van der Waals surface area contributed by atoms with Crippen LogP contribution in [0.1, 0.15) is 45.1 Å². The standard InChI is InChI=1S/C17H29NO/c1-4-6-10-16(5-2)14-19-13-12-18-17-11-8-7-9-15(17)3/h7-9,11,16,18H,4-6,10,12-14H2,1-3H3. The molecular formula is C17H29NO. The number of rotatable bonds is 10. The quantitative estimate of drug-likeness (QED) is 0.621. The molecule has 1 unspecified atom stereocenters. The Morgan fingerprint density at radius 3 is 2.68 bits per heavy atom. The zero-order valence-corrected chi connectivity index (χ0v) is 12.7. The first kappa shape index (κ1) is 16.0. The van der Waals surface area contributed by atoms with Crippen LogP contribution in [0, 0.1) is 12.8 Å². The molecule has 1 rings (SSSR count). The Kier molecular flexibility index (Phi) is 8.31. The number of benzene rings is 1. The first-order valence-corrected chi connectivity index (χ1v) is 7.65. The van der Waals surface area contributed by atoms with Gasteiger partial charge in [-0.25, -0.2) is 0 Å². The lowest BCUT2D eigenvalue weighted by Crippen LogP contribution is -2.15. The summed E-state index contributed by atoms with van der Waals surface area (Å²) in [5, 5.41) is 3.42. The molecule has 0 heterocycles. The Bertz CT molecular complexity index is 338. The summed E-state index contributed by atoms with van der Waals surface area (Å²) in [6, 6.07) is 8.37. The summed E-state index contributed by atoms with van der Waals surface area (Å²) in [6.07, 6.45) is 5.14. The lowest BCUT2D eigenvalue weighted by molar-refractivity contribution is 0.102. The molecule has 2 nitrogen and oxygen atoms in total. The second-order valence-corrected chi connectivity index (χ2v) is 5.23. The Labute approximate surface area is 118 Å². The number of unbranched alkanes of at least 4 members (excludes halogenated alkanes) is 1. The Hall–Kier alpha value is -1.02. The van der Waals surface area contributed by atoms with Gasteiger partial charge in [0.2, 0.25) is 0 Å². The molecule has 1 N–H and O–H groups in total. The summed E-state index contributed by atoms with van der Waals surface area (Å²) in [7, 11) is 0. The van der Waals surface area contributed by atoms with Crippen LogP contribution in [0.5, 0.6) is 0 Å². The van der Waals surface area contributed by atoms with Gasteiger partial charge in [-0.3, -0.25) is 0 Å². The van der Waals surface area contributed by atoms with Crippen LogP contribution in [0.3, 0.4) is 0 Å². The minimum Gasteiger partial charge on any atom is -0.383 e. The summed E-state index contributed by atoms with van der Waals surface area (Å²) in [5.74, 6) is 0.735. The van der Waals surface area contributed by atoms with Crippen LogP contribution >= 0.6 is 0 Å². The molecule has 1 aromatic rings. The maximum absolute atomic E-state index is 5.78. The fourth-order valence-corrected chi connectivity index (χ4v) is 2.18. The third-order valence-corrected chi connectivity index (χ3v) is 3.60. The minimum atomic E-state index is 0.735. The highest BCUT2D eigenvalue weighted by Gasteiger charge is 2.05. The van der Waals surface area contributed by atoms with Crippen LogP contribution in [-0.2, 0) is 4.74 Å². The van der Waals surface area contributed by atoms with Gasteiger partial charge in [-0.2, -0.15) is 0 Å². The largest absolute Gasteiger partial charge is 0.383 e. The maximum atomic E-state index is 5.78. The lowest BCUT2D eigenvalue weighted by Gasteiger charge is -2.15. The lowest BCUT2D eigenvalue weighted by atomic mass is 10.0. The topological polar surface area (TPSA) is 21.3 Å². The van der Waals surface area contributed by atoms with E-state index in [1.807, 2.05) is 0 Å². The molecule has 0 aliphatic rings. The van der Waals surface area contributed by atoms with Crippen LogP contribution in [0.2, 0.25) is 0 Å². The number of para-hydroxylation sites is 1. The van der Waals surface area contributed by atoms with Crippen molar-refractivity contribution in [2.75, 3.05) is 25.1 Å². The molecule has 0 saturated carbocycles. The average molecular weight is 263 g/mol. The van der Waals surface area contributed by atoms with Crippen molar-refractivity contribution in [1.29, 1.82) is 0 Å². The summed E-state index contributed by atoms with van der Waals surface area (Å²) in [6.45, 7) is 9.22. The highest BCUT2D eigenvalue weighted by molar-refractivity contribution is 5.50. The fourth-order valence-electron chi connectivity index (χ4n) is 2.18. The number of nitrogens with one attached hydrogen (secondary N) is 1. The molecule has 108 valence electrons. The van der Waals surface area contributed by atoms with Crippen molar-refractivity contribution >= 4 is 5.69 Å². The molecule has 0 radical (unpaired) electrons. The van der Waals surface area contributed by atoms with E-state index in [4.69, 9.17) is 4.74 Å². The van der Waals surface area contributed by atoms with Crippen molar-refractivity contribution in [3.8, 4) is 0 Å². The molecule has 0 fully saturated rings. The molecule has 1 atom stereocenters. The monoisotopic (exact) mass is 263 g/mol. The van der Waals surface area contributed by atoms with Crippen molar-refractivity contribution in [3.63, 3.8) is 0 Å². The van der Waals surface area contributed by atoms with Crippen molar-refractivity contribution in [2.24, 2.45) is 5.92 Å². The summed E-state index contributed by atoms with van der Waals surface area (Å²) < 4.78 is 5.78. The van der Waals surface area contributed by atoms with E-state index in [0.29, 0.717) is 0 Å². The Morgan fingerprint density at radius 1 is 1.21 bits per heavy atom. The van der Waals surface area contributed by atoms with Gasteiger partial charge in [0.1, 0.15) is 0 Å². The molecule has 0 amide bonds. The van der Waals surface area contributed by atoms with Crippen molar-refractivity contribution in [3.05, 3.63) is 29.8 Å². The van der Waals surface area contributed by atoms with E-state index >= 15 is 0 Å². The van der Waals surface area contributed by atoms with Crippen LogP contribution in [0.25, 0.3) is 0 Å². The number of anilines is 1. The van der Waals surface area contributed by atoms with Gasteiger partial charge in [-0.15, -0.1) is 0 Å². The maximum Gasteiger partial charge on any atom is 0.0639 e. The molecule has 0 aromatic heterocycles. The van der Waals surface area contributed by atoms with E-state index in [0.717, 1.165) is 25.7 Å². The van der Waals surface area contributed by atoms with Crippen molar-refractivity contribution < 1.29 is 4.74 Å². The predicted octanol–water partition coefficient (Wildman–Crippen LogP) is 4.64. The SMILES string of the molecule is CCCCC(CC)COCCNc1ccccc1C. The molecule has 0 aliphatic carbocycles. The van der Waals surface area contributed by atoms with E-state index in [1.165, 1.54) is 36.9 Å². The minimum absolute atomic E-state index is 0.735. The fraction of sp³-hybridized carbons (Fsp3) is 0.647. The van der Waals surface area contributed by atoms with Gasteiger partial charge in [0.15, 0.2) is 0 Å². The number of hydrogen-bond acceptors (Lipinski definition) is 2. The smallest absolute Gasteiger partial charge is 0.0639 e. The van der Waals surface area contributed by atoms with Gasteiger partial charge in [-0.1, -0.05) is 51.3 Å². The average Bonchev–Trinajstić information content (AvgIpc) is 2.43. The normalized spacial score (nSPS) is 12.4. The molecule has 0 spiro atoms. The molecular weight excluding hydrogens is 234 g/mol. The van der Waals surface area contributed by atoms with Crippen LogP contribution in [-0.4, -0.2) is 19.8 Å². The van der Waals surface area contributed by atoms with E-state index < -0.39 is 0 Å². The highest BCUT2D eigenvalue weighted by Crippen LogP contribution is 2.14. The summed E-state index contributed by atoms with van der Waals surface area (Å²) in [4.78, 5) is 0. The Morgan fingerprint density at radius 2 is 2.00 bits per heavy atom. The predicted molar refractivity (Wildman–Crippen MR) is 83.8 cm³/mol. The molecule has 1 aromatic carbocycles. The number of hydrogen-bond donors (Lipinski definition) is 1. The summed E-state index contributed by atoms with van der Waals surface area (Å²) in [5.41, 5.74) is 2.50. The zero-order chi connectivity index (χ0) is 13.9. The third kappa shape index (κ3) is 6.63. The number of aryl methyl sites for hydroxylation is 1. The van der Waals surface area contributed by atoms with Crippen molar-refractivity contribution in [2.45, 2.75) is 46.5 Å². The third-order valence-electron chi connectivity index (χ3n) is 3.60. The van der Waals surface area contributed by atoms with E-state index in [9.17, 15) is 0 Å². The van der Waals surface area contributed by atoms with Crippen LogP contribution in [0.15, 0.2) is 24.3 Å². The molecule has 0 saturated heterocycles. The van der Waals surface area contributed by atoms with Crippen LogP contribution < -0.4 is 5.32 Å². The first-order valence-electron chi connectivity index (χ1n) is 7.65. The van der Waals surface area contributed by atoms with Gasteiger partial charge >= 0.3 is 0 Å². The van der Waals surface area contributed by atoms with Gasteiger partial charge in [0.05, 0.1) is 6.61 Å². The number of ether oxygens (including phenoxy) is 1. The van der Waals surface area contributed by atoms with Gasteiger partial charge in [0, 0.05) is 18.8 Å². The molecule has 0 aliphatic heterocycles. The zero-order valence-electron chi connectivity index (χ0n) is 12.7. The van der Waals surface area contributed by atoms with Crippen molar-refractivity contribution in [1.82, 2.24) is 0 Å². The van der Waals surface area contributed by atoms with Crippen LogP contribution in [0.4, 0.5) is 5.69 Å². The van der Waals surface area contributed by atoms with E-state index in [-0.39, 0.29) is 0 Å². The molecule has 19 heavy (non-hydrogen) atoms. The summed E-state index contributed by atoms with van der Waals surface area (Å²) >= 11 is 0. The van der Waals surface area contributed by atoms with E-state index in [1.54, 1.807) is 0 Å². The van der Waals surface area contributed by atoms with Gasteiger partial charge in [-0.05, 0) is 30.9 Å². The van der Waals surface area contributed by atoms with E-state index in [2.05, 4.69) is 50.4 Å². The van der Waals surface area contributed by atoms with Gasteiger partial charge in [0.25, 0.3) is 0 Å². The Balaban J connectivity index is 2.12. The molecule has 0 bridgehead atoms. The second kappa shape index (κ2) is 9.85. The van der Waals surface area contributed by atoms with Gasteiger partial charge < -0.3 is 10.1 Å². The first-order chi connectivity index (χ1) is 9.27.